The summed E-state index contributed by atoms with van der Waals surface area (Å²) in [6.07, 6.45) is 1.40. The van der Waals surface area contributed by atoms with Gasteiger partial charge in [0.05, 0.1) is 17.8 Å². The molecule has 0 aliphatic heterocycles. The van der Waals surface area contributed by atoms with Gasteiger partial charge in [-0.05, 0) is 76.3 Å². The third-order valence-corrected chi connectivity index (χ3v) is 5.99. The average molecular weight is 545 g/mol. The van der Waals surface area contributed by atoms with E-state index >= 15 is 0 Å². The van der Waals surface area contributed by atoms with E-state index in [2.05, 4.69) is 31.8 Å². The van der Waals surface area contributed by atoms with E-state index in [0.717, 1.165) is 11.1 Å². The number of hydrazone groups is 1. The van der Waals surface area contributed by atoms with Crippen LogP contribution in [0.25, 0.3) is 0 Å². The third-order valence-electron chi connectivity index (χ3n) is 4.99. The zero-order valence-corrected chi connectivity index (χ0v) is 21.2. The van der Waals surface area contributed by atoms with Crippen molar-refractivity contribution in [2.45, 2.75) is 20.5 Å². The predicted octanol–water partition coefficient (Wildman–Crippen LogP) is 5.40. The Morgan fingerprint density at radius 3 is 2.59 bits per heavy atom. The number of rotatable bonds is 7. The van der Waals surface area contributed by atoms with Crippen molar-refractivity contribution in [3.8, 4) is 11.5 Å². The number of halogens is 2. The number of amides is 2. The molecule has 9 heteroatoms. The first-order valence-corrected chi connectivity index (χ1v) is 11.4. The summed E-state index contributed by atoms with van der Waals surface area (Å²) in [7, 11) is 1.53. The minimum absolute atomic E-state index is 0.381. The molecule has 0 radical (unpaired) electrons. The normalized spacial score (nSPS) is 10.7. The van der Waals surface area contributed by atoms with Crippen molar-refractivity contribution in [1.29, 1.82) is 0 Å². The van der Waals surface area contributed by atoms with Crippen molar-refractivity contribution < 1.29 is 19.1 Å². The number of carbonyl (C=O) groups is 2. The van der Waals surface area contributed by atoms with Crippen molar-refractivity contribution in [3.63, 3.8) is 0 Å². The van der Waals surface area contributed by atoms with Crippen molar-refractivity contribution in [3.05, 3.63) is 86.3 Å². The maximum absolute atomic E-state index is 12.1. The molecule has 0 atom stereocenters. The highest BCUT2D eigenvalue weighted by Gasteiger charge is 2.15. The Kier molecular flexibility index (Phi) is 8.67. The van der Waals surface area contributed by atoms with E-state index in [-0.39, 0.29) is 0 Å². The van der Waals surface area contributed by atoms with Crippen LogP contribution in [0, 0.1) is 13.8 Å². The van der Waals surface area contributed by atoms with Crippen LogP contribution < -0.4 is 20.2 Å². The van der Waals surface area contributed by atoms with Gasteiger partial charge in [0.2, 0.25) is 0 Å². The third kappa shape index (κ3) is 6.36. The van der Waals surface area contributed by atoms with Gasteiger partial charge in [0, 0.05) is 10.7 Å². The number of hydrogen-bond acceptors (Lipinski definition) is 5. The summed E-state index contributed by atoms with van der Waals surface area (Å²) in [5.41, 5.74) is 6.14. The minimum atomic E-state index is -0.917. The molecule has 3 aromatic rings. The van der Waals surface area contributed by atoms with Crippen molar-refractivity contribution >= 4 is 51.2 Å². The van der Waals surface area contributed by atoms with Crippen molar-refractivity contribution in [2.24, 2.45) is 5.10 Å². The zero-order chi connectivity index (χ0) is 24.7. The van der Waals surface area contributed by atoms with Gasteiger partial charge < -0.3 is 14.8 Å². The molecule has 0 heterocycles. The summed E-state index contributed by atoms with van der Waals surface area (Å²) >= 11 is 9.53. The Morgan fingerprint density at radius 1 is 1.09 bits per heavy atom. The number of nitrogens with one attached hydrogen (secondary N) is 2. The molecule has 2 N–H and O–H groups in total. The topological polar surface area (TPSA) is 89.0 Å². The molecule has 0 saturated carbocycles. The Bertz CT molecular complexity index is 1250. The van der Waals surface area contributed by atoms with Crippen LogP contribution >= 0.6 is 27.5 Å². The number of methoxy groups -OCH3 is 1. The van der Waals surface area contributed by atoms with Crippen molar-refractivity contribution in [1.82, 2.24) is 5.43 Å². The molecule has 2 amide bonds. The minimum Gasteiger partial charge on any atom is -0.493 e. The standard InChI is InChI=1S/C25H23BrClN3O4/c1-15-7-4-5-8-18(15)14-34-23-19(26)11-17(12-22(23)33-3)13-28-30-25(32)24(31)29-21-10-6-9-20(27)16(21)2/h4-13H,14H2,1-3H3,(H,29,31)(H,30,32)/b28-13+. The quantitative estimate of drug-likeness (QED) is 0.237. The maximum atomic E-state index is 12.1. The van der Waals surface area contributed by atoms with Crippen LogP contribution in [0.3, 0.4) is 0 Å². The lowest BCUT2D eigenvalue weighted by molar-refractivity contribution is -0.136. The van der Waals surface area contributed by atoms with Crippen LogP contribution in [0.5, 0.6) is 11.5 Å². The summed E-state index contributed by atoms with van der Waals surface area (Å²) in [5.74, 6) is -0.741. The number of nitrogens with zero attached hydrogens (tertiary/aromatic N) is 1. The first-order chi connectivity index (χ1) is 16.3. The van der Waals surface area contributed by atoms with Gasteiger partial charge >= 0.3 is 11.8 Å². The molecule has 176 valence electrons. The molecule has 0 bridgehead atoms. The monoisotopic (exact) mass is 543 g/mol. The fourth-order valence-corrected chi connectivity index (χ4v) is 3.76. The first-order valence-electron chi connectivity index (χ1n) is 10.2. The van der Waals surface area contributed by atoms with Crippen LogP contribution in [0.1, 0.15) is 22.3 Å². The van der Waals surface area contributed by atoms with Crippen LogP contribution in [0.4, 0.5) is 5.69 Å². The van der Waals surface area contributed by atoms with Crippen LogP contribution in [-0.4, -0.2) is 25.1 Å². The van der Waals surface area contributed by atoms with Gasteiger partial charge in [-0.15, -0.1) is 0 Å². The maximum Gasteiger partial charge on any atom is 0.329 e. The van der Waals surface area contributed by atoms with E-state index in [4.69, 9.17) is 21.1 Å². The lowest BCUT2D eigenvalue weighted by Gasteiger charge is -2.14. The first kappa shape index (κ1) is 25.3. The molecule has 34 heavy (non-hydrogen) atoms. The van der Waals surface area contributed by atoms with E-state index in [1.807, 2.05) is 31.2 Å². The molecular formula is C25H23BrClN3O4. The molecule has 0 saturated heterocycles. The largest absolute Gasteiger partial charge is 0.493 e. The number of hydrogen-bond donors (Lipinski definition) is 2. The van der Waals surface area contributed by atoms with Gasteiger partial charge in [-0.2, -0.15) is 5.10 Å². The van der Waals surface area contributed by atoms with Gasteiger partial charge in [-0.25, -0.2) is 5.43 Å². The smallest absolute Gasteiger partial charge is 0.329 e. The number of aryl methyl sites for hydroxylation is 1. The molecule has 0 aliphatic carbocycles. The molecular weight excluding hydrogens is 522 g/mol. The van der Waals surface area contributed by atoms with E-state index in [1.54, 1.807) is 37.3 Å². The number of anilines is 1. The van der Waals surface area contributed by atoms with Gasteiger partial charge in [0.1, 0.15) is 6.61 Å². The Hall–Kier alpha value is -3.36. The summed E-state index contributed by atoms with van der Waals surface area (Å²) in [4.78, 5) is 24.2. The molecule has 3 aromatic carbocycles. The Labute approximate surface area is 211 Å². The summed E-state index contributed by atoms with van der Waals surface area (Å²) in [6, 6.07) is 16.5. The fraction of sp³-hybridized carbons (Fsp3) is 0.160. The summed E-state index contributed by atoms with van der Waals surface area (Å²) in [6.45, 7) is 4.15. The summed E-state index contributed by atoms with van der Waals surface area (Å²) in [5, 5.41) is 6.87. The molecule has 3 rings (SSSR count). The molecule has 0 aliphatic rings. The van der Waals surface area contributed by atoms with Crippen LogP contribution in [-0.2, 0) is 16.2 Å². The zero-order valence-electron chi connectivity index (χ0n) is 18.8. The van der Waals surface area contributed by atoms with Gasteiger partial charge in [0.15, 0.2) is 11.5 Å². The van der Waals surface area contributed by atoms with E-state index in [9.17, 15) is 9.59 Å². The molecule has 7 nitrogen and oxygen atoms in total. The highest BCUT2D eigenvalue weighted by Crippen LogP contribution is 2.37. The molecule has 0 spiro atoms. The number of ether oxygens (including phenoxy) is 2. The molecule has 0 unspecified atom stereocenters. The fourth-order valence-electron chi connectivity index (χ4n) is 3.01. The Balaban J connectivity index is 1.64. The van der Waals surface area contributed by atoms with Gasteiger partial charge in [0.25, 0.3) is 0 Å². The van der Waals surface area contributed by atoms with E-state index < -0.39 is 11.8 Å². The second kappa shape index (κ2) is 11.7. The average Bonchev–Trinajstić information content (AvgIpc) is 2.81. The second-order valence-corrected chi connectivity index (χ2v) is 8.58. The van der Waals surface area contributed by atoms with E-state index in [1.165, 1.54) is 13.3 Å². The van der Waals surface area contributed by atoms with Gasteiger partial charge in [-0.3, -0.25) is 9.59 Å². The van der Waals surface area contributed by atoms with Crippen molar-refractivity contribution in [2.75, 3.05) is 12.4 Å². The van der Waals surface area contributed by atoms with Gasteiger partial charge in [-0.1, -0.05) is 41.9 Å². The van der Waals surface area contributed by atoms with Crippen LogP contribution in [0.15, 0.2) is 64.2 Å². The van der Waals surface area contributed by atoms with Crippen LogP contribution in [0.2, 0.25) is 5.02 Å². The highest BCUT2D eigenvalue weighted by molar-refractivity contribution is 9.10. The predicted molar refractivity (Wildman–Crippen MR) is 137 cm³/mol. The van der Waals surface area contributed by atoms with E-state index in [0.29, 0.717) is 44.4 Å². The number of carbonyl (C=O) groups excluding carboxylic acids is 2. The lowest BCUT2D eigenvalue weighted by atomic mass is 10.1. The molecule has 0 fully saturated rings. The SMILES string of the molecule is COc1cc(/C=N/NC(=O)C(=O)Nc2cccc(Cl)c2C)cc(Br)c1OCc1ccccc1C. The Morgan fingerprint density at radius 2 is 1.85 bits per heavy atom. The lowest BCUT2D eigenvalue weighted by Crippen LogP contribution is -2.32. The second-order valence-electron chi connectivity index (χ2n) is 7.31. The number of benzene rings is 3. The highest BCUT2D eigenvalue weighted by atomic mass is 79.9. The summed E-state index contributed by atoms with van der Waals surface area (Å²) < 4.78 is 12.1. The molecule has 0 aromatic heterocycles.